The normalized spacial score (nSPS) is 19.9. The summed E-state index contributed by atoms with van der Waals surface area (Å²) in [6.07, 6.45) is 0. The quantitative estimate of drug-likeness (QED) is 0.766. The van der Waals surface area contributed by atoms with Crippen molar-refractivity contribution in [2.75, 3.05) is 39.6 Å². The second-order valence-corrected chi connectivity index (χ2v) is 8.01. The number of rotatable bonds is 4. The summed E-state index contributed by atoms with van der Waals surface area (Å²) in [5, 5.41) is 9.85. The molecule has 0 bridgehead atoms. The van der Waals surface area contributed by atoms with Crippen molar-refractivity contribution in [3.63, 3.8) is 0 Å². The third kappa shape index (κ3) is 3.47. The Bertz CT molecular complexity index is 1190. The molecule has 1 saturated heterocycles. The maximum atomic E-state index is 13.7. The Morgan fingerprint density at radius 1 is 1.12 bits per heavy atom. The zero-order chi connectivity index (χ0) is 22.2. The van der Waals surface area contributed by atoms with Crippen LogP contribution in [0.15, 0.2) is 40.5 Å². The maximum Gasteiger partial charge on any atom is 0.258 e. The molecular formula is C23H24N4O5. The van der Waals surface area contributed by atoms with E-state index in [-0.39, 0.29) is 23.8 Å². The summed E-state index contributed by atoms with van der Waals surface area (Å²) < 4.78 is 23.8. The zero-order valence-electron chi connectivity index (χ0n) is 17.8. The molecule has 1 fully saturated rings. The lowest BCUT2D eigenvalue weighted by atomic mass is 9.84. The molecule has 0 amide bonds. The third-order valence-corrected chi connectivity index (χ3v) is 6.16. The van der Waals surface area contributed by atoms with Crippen LogP contribution in [-0.4, -0.2) is 49.1 Å². The Labute approximate surface area is 185 Å². The molecule has 0 spiro atoms. The predicted octanol–water partition coefficient (Wildman–Crippen LogP) is 1.44. The number of allylic oxidation sites excluding steroid dienone is 1. The van der Waals surface area contributed by atoms with Crippen LogP contribution in [0.1, 0.15) is 22.7 Å². The summed E-state index contributed by atoms with van der Waals surface area (Å²) in [5.41, 5.74) is 8.02. The second kappa shape index (κ2) is 8.22. The van der Waals surface area contributed by atoms with E-state index in [0.717, 1.165) is 30.9 Å². The van der Waals surface area contributed by atoms with Gasteiger partial charge in [-0.15, -0.1) is 0 Å². The first-order valence-electron chi connectivity index (χ1n) is 10.6. The van der Waals surface area contributed by atoms with Gasteiger partial charge in [0.15, 0.2) is 11.5 Å². The fourth-order valence-corrected chi connectivity index (χ4v) is 4.46. The van der Waals surface area contributed by atoms with Gasteiger partial charge in [0.25, 0.3) is 5.56 Å². The van der Waals surface area contributed by atoms with E-state index in [1.807, 2.05) is 19.1 Å². The van der Waals surface area contributed by atoms with E-state index in [2.05, 4.69) is 11.0 Å². The van der Waals surface area contributed by atoms with Gasteiger partial charge in [0, 0.05) is 37.9 Å². The molecule has 0 saturated carbocycles. The number of aromatic nitrogens is 1. The second-order valence-electron chi connectivity index (χ2n) is 8.01. The topological polar surface area (TPSA) is 112 Å². The van der Waals surface area contributed by atoms with Crippen molar-refractivity contribution in [3.05, 3.63) is 62.9 Å². The molecule has 9 heteroatoms. The first-order valence-corrected chi connectivity index (χ1v) is 10.6. The van der Waals surface area contributed by atoms with Crippen molar-refractivity contribution < 1.29 is 18.9 Å². The highest BCUT2D eigenvalue weighted by Crippen LogP contribution is 2.43. The Morgan fingerprint density at radius 2 is 1.91 bits per heavy atom. The number of benzene rings is 1. The number of aryl methyl sites for hydroxylation is 1. The summed E-state index contributed by atoms with van der Waals surface area (Å²) in [7, 11) is 0. The first-order chi connectivity index (χ1) is 15.6. The van der Waals surface area contributed by atoms with Crippen molar-refractivity contribution in [1.82, 2.24) is 9.47 Å². The molecule has 9 nitrogen and oxygen atoms in total. The average molecular weight is 436 g/mol. The van der Waals surface area contributed by atoms with Gasteiger partial charge in [-0.1, -0.05) is 6.07 Å². The first kappa shape index (κ1) is 20.4. The Hall–Kier alpha value is -3.48. The summed E-state index contributed by atoms with van der Waals surface area (Å²) in [6.45, 7) is 6.38. The van der Waals surface area contributed by atoms with Crippen LogP contribution in [0.3, 0.4) is 0 Å². The van der Waals surface area contributed by atoms with Gasteiger partial charge < -0.3 is 29.2 Å². The molecule has 0 aliphatic carbocycles. The van der Waals surface area contributed by atoms with Gasteiger partial charge >= 0.3 is 0 Å². The van der Waals surface area contributed by atoms with E-state index >= 15 is 0 Å². The van der Waals surface area contributed by atoms with Crippen molar-refractivity contribution in [1.29, 1.82) is 5.26 Å². The fourth-order valence-electron chi connectivity index (χ4n) is 4.46. The van der Waals surface area contributed by atoms with Crippen molar-refractivity contribution in [2.45, 2.75) is 19.4 Å². The minimum atomic E-state index is -0.652. The van der Waals surface area contributed by atoms with Crippen LogP contribution in [-0.2, 0) is 11.3 Å². The van der Waals surface area contributed by atoms with Crippen LogP contribution in [0.5, 0.6) is 17.2 Å². The fraction of sp³-hybridized carbons (Fsp3) is 0.391. The van der Waals surface area contributed by atoms with Crippen LogP contribution >= 0.6 is 0 Å². The molecule has 0 radical (unpaired) electrons. The highest BCUT2D eigenvalue weighted by atomic mass is 16.7. The molecule has 2 aromatic rings. The molecule has 2 N–H and O–H groups in total. The predicted molar refractivity (Wildman–Crippen MR) is 115 cm³/mol. The molecular weight excluding hydrogens is 412 g/mol. The van der Waals surface area contributed by atoms with Gasteiger partial charge in [0.2, 0.25) is 12.7 Å². The number of fused-ring (bicyclic) bond motifs is 2. The van der Waals surface area contributed by atoms with E-state index in [4.69, 9.17) is 24.7 Å². The molecule has 166 valence electrons. The highest BCUT2D eigenvalue weighted by molar-refractivity contribution is 5.57. The molecule has 1 aromatic carbocycles. The molecule has 3 aliphatic rings. The van der Waals surface area contributed by atoms with E-state index in [1.54, 1.807) is 16.7 Å². The standard InChI is InChI=1S/C23H24N4O5/c1-14-10-19-21(23(28)27(14)5-4-26-6-8-29-9-7-26)20(16(12-24)22(25)32-19)15-2-3-17-18(11-15)31-13-30-17/h2-3,10-11,20H,4-9,13,25H2,1H3/t20-/m0/s1. The number of nitrogens with two attached hydrogens (primary N) is 1. The van der Waals surface area contributed by atoms with Crippen molar-refractivity contribution >= 4 is 0 Å². The summed E-state index contributed by atoms with van der Waals surface area (Å²) in [4.78, 5) is 16.0. The summed E-state index contributed by atoms with van der Waals surface area (Å²) in [6, 6.07) is 9.36. The van der Waals surface area contributed by atoms with Crippen LogP contribution in [0.25, 0.3) is 0 Å². The monoisotopic (exact) mass is 436 g/mol. The number of nitriles is 1. The van der Waals surface area contributed by atoms with Gasteiger partial charge in [0.1, 0.15) is 17.4 Å². The van der Waals surface area contributed by atoms with Gasteiger partial charge in [-0.25, -0.2) is 0 Å². The maximum absolute atomic E-state index is 13.7. The Kier molecular flexibility index (Phi) is 5.25. The number of hydrogen-bond acceptors (Lipinski definition) is 8. The third-order valence-electron chi connectivity index (χ3n) is 6.16. The van der Waals surface area contributed by atoms with Crippen LogP contribution in [0.2, 0.25) is 0 Å². The zero-order valence-corrected chi connectivity index (χ0v) is 17.8. The number of nitrogens with zero attached hydrogens (tertiary/aromatic N) is 3. The van der Waals surface area contributed by atoms with Crippen LogP contribution in [0, 0.1) is 18.3 Å². The Balaban J connectivity index is 1.58. The molecule has 1 atom stereocenters. The van der Waals surface area contributed by atoms with Gasteiger partial charge in [0.05, 0.1) is 24.7 Å². The SMILES string of the molecule is Cc1cc2c(c(=O)n1CCN1CCOCC1)[C@@H](c1ccc3c(c1)OCO3)C(C#N)=C(N)O2. The number of ether oxygens (including phenoxy) is 4. The van der Waals surface area contributed by atoms with E-state index in [0.29, 0.717) is 42.6 Å². The average Bonchev–Trinajstić information content (AvgIpc) is 3.26. The lowest BCUT2D eigenvalue weighted by molar-refractivity contribution is 0.0362. The molecule has 1 aromatic heterocycles. The lowest BCUT2D eigenvalue weighted by Gasteiger charge is -2.29. The van der Waals surface area contributed by atoms with Crippen molar-refractivity contribution in [2.24, 2.45) is 5.73 Å². The molecule has 5 rings (SSSR count). The number of hydrogen-bond donors (Lipinski definition) is 1. The van der Waals surface area contributed by atoms with Crippen LogP contribution < -0.4 is 25.5 Å². The molecule has 3 aliphatic heterocycles. The lowest BCUT2D eigenvalue weighted by Crippen LogP contribution is -2.40. The van der Waals surface area contributed by atoms with Crippen molar-refractivity contribution in [3.8, 4) is 23.3 Å². The van der Waals surface area contributed by atoms with Gasteiger partial charge in [-0.05, 0) is 24.6 Å². The van der Waals surface area contributed by atoms with Gasteiger partial charge in [-0.2, -0.15) is 5.26 Å². The summed E-state index contributed by atoms with van der Waals surface area (Å²) in [5.74, 6) is 0.942. The summed E-state index contributed by atoms with van der Waals surface area (Å²) >= 11 is 0. The highest BCUT2D eigenvalue weighted by Gasteiger charge is 2.35. The van der Waals surface area contributed by atoms with Gasteiger partial charge in [-0.3, -0.25) is 9.69 Å². The minimum absolute atomic E-state index is 0.00698. The number of pyridine rings is 1. The smallest absolute Gasteiger partial charge is 0.258 e. The molecule has 4 heterocycles. The van der Waals surface area contributed by atoms with E-state index in [9.17, 15) is 10.1 Å². The molecule has 0 unspecified atom stereocenters. The number of morpholine rings is 1. The minimum Gasteiger partial charge on any atom is -0.454 e. The Morgan fingerprint density at radius 3 is 2.69 bits per heavy atom. The van der Waals surface area contributed by atoms with E-state index < -0.39 is 5.92 Å². The van der Waals surface area contributed by atoms with E-state index in [1.165, 1.54) is 0 Å². The molecule has 32 heavy (non-hydrogen) atoms. The van der Waals surface area contributed by atoms with Crippen LogP contribution in [0.4, 0.5) is 0 Å². The largest absolute Gasteiger partial charge is 0.454 e.